The van der Waals surface area contributed by atoms with Gasteiger partial charge in [-0.2, -0.15) is 0 Å². The summed E-state index contributed by atoms with van der Waals surface area (Å²) in [6.45, 7) is 1.90. The summed E-state index contributed by atoms with van der Waals surface area (Å²) in [6, 6.07) is 4.84. The molecule has 2 aliphatic heterocycles. The number of fused-ring (bicyclic) bond motifs is 4. The van der Waals surface area contributed by atoms with Crippen LogP contribution in [0.4, 0.5) is 0 Å². The third-order valence-electron chi connectivity index (χ3n) is 8.93. The Hall–Kier alpha value is -2.43. The molecule has 12 heteroatoms. The van der Waals surface area contributed by atoms with Crippen molar-refractivity contribution < 1.29 is 34.2 Å². The number of hydrogen-bond donors (Lipinski definition) is 2. The number of aromatic hydroxyl groups is 1. The number of carboxylic acid groups (broad SMARTS) is 1. The molecule has 4 aliphatic rings. The smallest absolute Gasteiger partial charge is 0.303 e. The predicted molar refractivity (Wildman–Crippen MR) is 149 cm³/mol. The van der Waals surface area contributed by atoms with E-state index in [1.165, 1.54) is 11.0 Å². The average Bonchev–Trinajstić information content (AvgIpc) is 3.23. The fourth-order valence-corrected chi connectivity index (χ4v) is 8.42. The van der Waals surface area contributed by atoms with Crippen molar-refractivity contribution in [1.82, 2.24) is 9.80 Å². The number of phenolic OH excluding ortho intramolecular Hbond substituents is 1. The fourth-order valence-electron chi connectivity index (χ4n) is 6.99. The first-order valence-corrected chi connectivity index (χ1v) is 15.1. The fraction of sp³-hybridized carbons (Fsp3) is 0.536. The Morgan fingerprint density at radius 1 is 1.05 bits per heavy atom. The van der Waals surface area contributed by atoms with Gasteiger partial charge in [-0.3, -0.25) is 33.8 Å². The van der Waals surface area contributed by atoms with Crippen LogP contribution in [0.25, 0.3) is 0 Å². The van der Waals surface area contributed by atoms with Crippen LogP contribution >= 0.6 is 39.1 Å². The summed E-state index contributed by atoms with van der Waals surface area (Å²) in [4.78, 5) is 63.8. The van der Waals surface area contributed by atoms with Gasteiger partial charge in [-0.1, -0.05) is 46.1 Å². The van der Waals surface area contributed by atoms with Gasteiger partial charge in [0.05, 0.1) is 17.3 Å². The zero-order chi connectivity index (χ0) is 29.1. The van der Waals surface area contributed by atoms with Crippen molar-refractivity contribution in [2.24, 2.45) is 17.8 Å². The number of carbonyl (C=O) groups excluding carboxylic acids is 4. The maximum Gasteiger partial charge on any atom is 0.303 e. The second-order valence-electron chi connectivity index (χ2n) is 11.1. The number of carbonyl (C=O) groups is 5. The van der Waals surface area contributed by atoms with Gasteiger partial charge in [-0.25, -0.2) is 0 Å². The van der Waals surface area contributed by atoms with E-state index >= 15 is 0 Å². The van der Waals surface area contributed by atoms with Crippen LogP contribution in [0.15, 0.2) is 29.8 Å². The highest BCUT2D eigenvalue weighted by atomic mass is 79.9. The SMILES string of the molecule is Cc1cc(C2C3=CCC4C(=O)N(CCCCCC(=O)O)C(=O)C4C3CC3(Cl)C(=O)N(CBr)C(=O)C23Cl)ccc1O. The number of likely N-dealkylation sites (tertiary alicyclic amines) is 2. The van der Waals surface area contributed by atoms with E-state index in [0.717, 1.165) is 4.90 Å². The molecule has 0 spiro atoms. The Labute approximate surface area is 249 Å². The summed E-state index contributed by atoms with van der Waals surface area (Å²) >= 11 is 17.6. The molecule has 1 aromatic rings. The molecule has 214 valence electrons. The molecule has 2 N–H and O–H groups in total. The summed E-state index contributed by atoms with van der Waals surface area (Å²) in [5.41, 5.74) is 1.72. The van der Waals surface area contributed by atoms with Gasteiger partial charge in [-0.15, -0.1) is 23.2 Å². The lowest BCUT2D eigenvalue weighted by Gasteiger charge is -2.50. The topological polar surface area (TPSA) is 132 Å². The number of phenols is 1. The van der Waals surface area contributed by atoms with Crippen LogP contribution in [0.2, 0.25) is 0 Å². The largest absolute Gasteiger partial charge is 0.508 e. The molecule has 6 unspecified atom stereocenters. The standard InChI is InChI=1S/C28H29BrCl2N2O7/c1-14-11-15(6-9-19(14)34)22-16-7-8-17-21(24(38)32(23(17)37)10-4-2-3-5-20(35)36)18(16)12-27(30)25(39)33(13-29)26(40)28(22,27)31/h6-7,9,11,17-18,21-22,34H,2-5,8,10,12-13H2,1H3,(H,35,36). The zero-order valence-electron chi connectivity index (χ0n) is 21.7. The van der Waals surface area contributed by atoms with Gasteiger partial charge in [0.2, 0.25) is 11.8 Å². The van der Waals surface area contributed by atoms with E-state index in [-0.39, 0.29) is 48.8 Å². The number of imide groups is 2. The number of unbranched alkanes of at least 4 members (excludes halogenated alkanes) is 2. The molecule has 6 atom stereocenters. The first-order valence-electron chi connectivity index (χ1n) is 13.2. The Kier molecular flexibility index (Phi) is 7.59. The first-order chi connectivity index (χ1) is 18.9. The molecule has 0 aromatic heterocycles. The average molecular weight is 656 g/mol. The maximum atomic E-state index is 13.8. The molecular weight excluding hydrogens is 627 g/mol. The van der Waals surface area contributed by atoms with Crippen molar-refractivity contribution in [3.8, 4) is 5.75 Å². The van der Waals surface area contributed by atoms with Crippen molar-refractivity contribution >= 4 is 68.7 Å². The number of aliphatic carboxylic acids is 1. The van der Waals surface area contributed by atoms with Crippen LogP contribution < -0.4 is 0 Å². The lowest BCUT2D eigenvalue weighted by Crippen LogP contribution is -2.60. The number of halogens is 3. The highest BCUT2D eigenvalue weighted by Gasteiger charge is 2.76. The summed E-state index contributed by atoms with van der Waals surface area (Å²) in [5.74, 6) is -5.63. The number of carboxylic acids is 1. The number of nitrogens with zero attached hydrogens (tertiary/aromatic N) is 2. The van der Waals surface area contributed by atoms with Crippen molar-refractivity contribution in [2.45, 2.75) is 61.1 Å². The zero-order valence-corrected chi connectivity index (χ0v) is 24.8. The predicted octanol–water partition coefficient (Wildman–Crippen LogP) is 4.06. The highest BCUT2D eigenvalue weighted by molar-refractivity contribution is 9.09. The minimum atomic E-state index is -1.88. The van der Waals surface area contributed by atoms with Gasteiger partial charge in [0.15, 0.2) is 9.75 Å². The summed E-state index contributed by atoms with van der Waals surface area (Å²) in [7, 11) is 0. The molecule has 0 bridgehead atoms. The van der Waals surface area contributed by atoms with E-state index in [9.17, 15) is 29.1 Å². The van der Waals surface area contributed by atoms with Gasteiger partial charge in [0, 0.05) is 18.9 Å². The van der Waals surface area contributed by atoms with Crippen LogP contribution in [0, 0.1) is 24.7 Å². The number of hydrogen-bond acceptors (Lipinski definition) is 6. The van der Waals surface area contributed by atoms with E-state index in [0.29, 0.717) is 36.0 Å². The van der Waals surface area contributed by atoms with Gasteiger partial charge in [-0.05, 0) is 55.7 Å². The van der Waals surface area contributed by atoms with Crippen molar-refractivity contribution in [3.05, 3.63) is 41.0 Å². The molecule has 1 aromatic carbocycles. The molecule has 1 saturated carbocycles. The monoisotopic (exact) mass is 654 g/mol. The maximum absolute atomic E-state index is 13.8. The molecular formula is C28H29BrCl2N2O7. The third kappa shape index (κ3) is 4.12. The summed E-state index contributed by atoms with van der Waals surface area (Å²) in [5, 5.41) is 19.0. The number of amides is 4. The molecule has 2 saturated heterocycles. The van der Waals surface area contributed by atoms with Crippen LogP contribution in [-0.4, -0.2) is 71.4 Å². The van der Waals surface area contributed by atoms with Crippen LogP contribution in [0.3, 0.4) is 0 Å². The van der Waals surface area contributed by atoms with Crippen molar-refractivity contribution in [3.63, 3.8) is 0 Å². The van der Waals surface area contributed by atoms with E-state index in [4.69, 9.17) is 28.3 Å². The number of alkyl halides is 3. The summed E-state index contributed by atoms with van der Waals surface area (Å²) in [6.07, 6.45) is 3.59. The molecule has 2 heterocycles. The molecule has 2 aliphatic carbocycles. The number of rotatable bonds is 8. The Morgan fingerprint density at radius 3 is 2.42 bits per heavy atom. The van der Waals surface area contributed by atoms with Gasteiger partial charge < -0.3 is 10.2 Å². The molecule has 4 amide bonds. The minimum absolute atomic E-state index is 0.0246. The highest BCUT2D eigenvalue weighted by Crippen LogP contribution is 2.65. The van der Waals surface area contributed by atoms with E-state index in [2.05, 4.69) is 15.9 Å². The van der Waals surface area contributed by atoms with Gasteiger partial charge in [0.1, 0.15) is 5.75 Å². The van der Waals surface area contributed by atoms with E-state index in [1.54, 1.807) is 19.1 Å². The normalized spacial score (nSPS) is 33.1. The van der Waals surface area contributed by atoms with Gasteiger partial charge >= 0.3 is 5.97 Å². The van der Waals surface area contributed by atoms with Crippen LogP contribution in [0.5, 0.6) is 5.75 Å². The number of aryl methyl sites for hydroxylation is 1. The molecule has 9 nitrogen and oxygen atoms in total. The number of allylic oxidation sites excluding steroid dienone is 2. The quantitative estimate of drug-likeness (QED) is 0.142. The van der Waals surface area contributed by atoms with Crippen molar-refractivity contribution in [2.75, 3.05) is 12.0 Å². The lowest BCUT2D eigenvalue weighted by molar-refractivity contribution is -0.141. The summed E-state index contributed by atoms with van der Waals surface area (Å²) < 4.78 is 0. The Balaban J connectivity index is 1.54. The lowest BCUT2D eigenvalue weighted by atomic mass is 9.56. The minimum Gasteiger partial charge on any atom is -0.508 e. The second kappa shape index (κ2) is 10.4. The molecule has 5 rings (SSSR count). The van der Waals surface area contributed by atoms with Crippen molar-refractivity contribution in [1.29, 1.82) is 0 Å². The molecule has 3 fully saturated rings. The number of benzene rings is 1. The Bertz CT molecular complexity index is 1350. The van der Waals surface area contributed by atoms with Crippen LogP contribution in [0.1, 0.15) is 55.6 Å². The second-order valence-corrected chi connectivity index (χ2v) is 12.8. The van der Waals surface area contributed by atoms with E-state index < -0.39 is 51.2 Å². The van der Waals surface area contributed by atoms with E-state index in [1.807, 2.05) is 6.08 Å². The molecule has 40 heavy (non-hydrogen) atoms. The molecule has 0 radical (unpaired) electrons. The first kappa shape index (κ1) is 29.1. The Morgan fingerprint density at radius 2 is 1.77 bits per heavy atom. The van der Waals surface area contributed by atoms with Crippen LogP contribution in [-0.2, 0) is 24.0 Å². The third-order valence-corrected chi connectivity index (χ3v) is 10.8. The van der Waals surface area contributed by atoms with Gasteiger partial charge in [0.25, 0.3) is 11.8 Å².